The van der Waals surface area contributed by atoms with Gasteiger partial charge in [0.1, 0.15) is 12.0 Å². The Labute approximate surface area is 183 Å². The van der Waals surface area contributed by atoms with E-state index < -0.39 is 0 Å². The van der Waals surface area contributed by atoms with Gasteiger partial charge in [-0.15, -0.1) is 0 Å². The van der Waals surface area contributed by atoms with Gasteiger partial charge in [-0.05, 0) is 11.1 Å². The van der Waals surface area contributed by atoms with Crippen LogP contribution in [0.1, 0.15) is 24.0 Å². The highest BCUT2D eigenvalue weighted by Gasteiger charge is 2.19. The van der Waals surface area contributed by atoms with Crippen molar-refractivity contribution in [3.63, 3.8) is 0 Å². The minimum atomic E-state index is 0.321. The Morgan fingerprint density at radius 3 is 1.61 bits per heavy atom. The van der Waals surface area contributed by atoms with Crippen LogP contribution in [0.5, 0.6) is 0 Å². The van der Waals surface area contributed by atoms with E-state index in [1.54, 1.807) is 0 Å². The lowest BCUT2D eigenvalue weighted by atomic mass is 10.1. The molecular weight excluding hydrogens is 386 g/mol. The number of anilines is 3. The van der Waals surface area contributed by atoms with Crippen molar-refractivity contribution in [1.29, 1.82) is 10.5 Å². The molecule has 0 aliphatic rings. The van der Waals surface area contributed by atoms with Gasteiger partial charge in [-0.1, -0.05) is 60.7 Å². The van der Waals surface area contributed by atoms with Crippen LogP contribution in [0.25, 0.3) is 0 Å². The molecule has 0 fully saturated rings. The second-order valence-electron chi connectivity index (χ2n) is 7.07. The van der Waals surface area contributed by atoms with Gasteiger partial charge in [-0.3, -0.25) is 0 Å². The molecule has 0 radical (unpaired) electrons. The van der Waals surface area contributed by atoms with Crippen LogP contribution in [-0.4, -0.2) is 23.1 Å². The lowest BCUT2D eigenvalue weighted by molar-refractivity contribution is 0.764. The Balaban J connectivity index is 1.96. The second-order valence-corrected chi connectivity index (χ2v) is 7.07. The molecule has 0 atom stereocenters. The van der Waals surface area contributed by atoms with E-state index in [9.17, 15) is 0 Å². The molecule has 31 heavy (non-hydrogen) atoms. The van der Waals surface area contributed by atoms with Crippen LogP contribution < -0.4 is 15.5 Å². The van der Waals surface area contributed by atoms with Crippen LogP contribution in [-0.2, 0) is 13.1 Å². The van der Waals surface area contributed by atoms with Gasteiger partial charge in [-0.25, -0.2) is 9.97 Å². The lowest BCUT2D eigenvalue weighted by Crippen LogP contribution is -2.29. The highest BCUT2D eigenvalue weighted by molar-refractivity contribution is 5.75. The number of rotatable bonds is 10. The molecule has 156 valence electrons. The predicted octanol–water partition coefficient (Wildman–Crippen LogP) is 3.90. The van der Waals surface area contributed by atoms with E-state index in [-0.39, 0.29) is 0 Å². The van der Waals surface area contributed by atoms with Crippen molar-refractivity contribution in [3.05, 3.63) is 78.1 Å². The first-order valence-corrected chi connectivity index (χ1v) is 10.1. The van der Waals surface area contributed by atoms with Crippen LogP contribution in [0.15, 0.2) is 67.0 Å². The van der Waals surface area contributed by atoms with Crippen molar-refractivity contribution < 1.29 is 0 Å². The quantitative estimate of drug-likeness (QED) is 0.539. The molecule has 0 spiro atoms. The van der Waals surface area contributed by atoms with Gasteiger partial charge < -0.3 is 15.5 Å². The van der Waals surface area contributed by atoms with Crippen LogP contribution in [0.3, 0.4) is 0 Å². The van der Waals surface area contributed by atoms with E-state index in [0.717, 1.165) is 11.1 Å². The minimum absolute atomic E-state index is 0.321. The average Bonchev–Trinajstić information content (AvgIpc) is 2.81. The maximum absolute atomic E-state index is 9.01. The molecule has 0 aliphatic heterocycles. The molecule has 0 bridgehead atoms. The summed E-state index contributed by atoms with van der Waals surface area (Å²) in [7, 11) is 0. The first kappa shape index (κ1) is 21.6. The van der Waals surface area contributed by atoms with Crippen molar-refractivity contribution in [2.75, 3.05) is 28.6 Å². The number of nitrogens with zero attached hydrogens (tertiary/aromatic N) is 6. The summed E-state index contributed by atoms with van der Waals surface area (Å²) in [5.74, 6) is 1.19. The first-order chi connectivity index (χ1) is 15.2. The van der Waals surface area contributed by atoms with E-state index in [0.29, 0.717) is 56.3 Å². The van der Waals surface area contributed by atoms with Crippen molar-refractivity contribution in [2.24, 2.45) is 0 Å². The Kier molecular flexibility index (Phi) is 7.79. The summed E-state index contributed by atoms with van der Waals surface area (Å²) < 4.78 is 0. The summed E-state index contributed by atoms with van der Waals surface area (Å²) >= 11 is 0. The maximum atomic E-state index is 9.01. The van der Waals surface area contributed by atoms with Crippen LogP contribution in [0, 0.1) is 22.7 Å². The maximum Gasteiger partial charge on any atom is 0.158 e. The lowest BCUT2D eigenvalue weighted by Gasteiger charge is -2.28. The van der Waals surface area contributed by atoms with Crippen LogP contribution in [0.2, 0.25) is 0 Å². The van der Waals surface area contributed by atoms with Gasteiger partial charge in [-0.2, -0.15) is 10.5 Å². The summed E-state index contributed by atoms with van der Waals surface area (Å²) in [4.78, 5) is 12.9. The van der Waals surface area contributed by atoms with Gasteiger partial charge >= 0.3 is 0 Å². The normalized spacial score (nSPS) is 10.1. The number of benzene rings is 2. The summed E-state index contributed by atoms with van der Waals surface area (Å²) in [6.07, 6.45) is 2.14. The highest BCUT2D eigenvalue weighted by Crippen LogP contribution is 2.31. The fourth-order valence-electron chi connectivity index (χ4n) is 3.39. The molecular formula is C24H25N7. The fraction of sp³-hybridized carbons (Fsp3) is 0.250. The van der Waals surface area contributed by atoms with Crippen molar-refractivity contribution in [2.45, 2.75) is 25.9 Å². The highest BCUT2D eigenvalue weighted by atomic mass is 15.2. The molecule has 0 aliphatic carbocycles. The summed E-state index contributed by atoms with van der Waals surface area (Å²) in [6, 6.07) is 24.6. The van der Waals surface area contributed by atoms with Gasteiger partial charge in [0.15, 0.2) is 11.6 Å². The summed E-state index contributed by atoms with van der Waals surface area (Å²) in [6.45, 7) is 2.17. The molecule has 0 unspecified atom stereocenters. The van der Waals surface area contributed by atoms with E-state index in [2.05, 4.69) is 51.3 Å². The first-order valence-electron chi connectivity index (χ1n) is 10.1. The third-order valence-corrected chi connectivity index (χ3v) is 4.86. The number of nitriles is 2. The molecule has 0 saturated carbocycles. The van der Waals surface area contributed by atoms with Crippen molar-refractivity contribution >= 4 is 17.3 Å². The standard InChI is InChI=1S/C24H25N7/c25-13-7-15-30(16-8-14-26)23-22(27)24(29-19-28-23)31(17-20-9-3-1-4-10-20)18-21-11-5-2-6-12-21/h1-6,9-12,19H,7-8,15-18,27H2. The minimum Gasteiger partial charge on any atom is -0.393 e. The number of aromatic nitrogens is 2. The van der Waals surface area contributed by atoms with Crippen molar-refractivity contribution in [1.82, 2.24) is 9.97 Å². The molecule has 7 heteroatoms. The third kappa shape index (κ3) is 5.94. The zero-order chi connectivity index (χ0) is 21.9. The second kappa shape index (κ2) is 11.2. The Morgan fingerprint density at radius 1 is 0.710 bits per heavy atom. The average molecular weight is 412 g/mol. The van der Waals surface area contributed by atoms with E-state index in [4.69, 9.17) is 16.3 Å². The molecule has 2 aromatic carbocycles. The molecule has 0 saturated heterocycles. The Hall–Kier alpha value is -4.10. The van der Waals surface area contributed by atoms with Gasteiger partial charge in [0.05, 0.1) is 25.0 Å². The van der Waals surface area contributed by atoms with E-state index >= 15 is 0 Å². The molecule has 7 nitrogen and oxygen atoms in total. The topological polar surface area (TPSA) is 106 Å². The smallest absolute Gasteiger partial charge is 0.158 e. The largest absolute Gasteiger partial charge is 0.393 e. The zero-order valence-corrected chi connectivity index (χ0v) is 17.4. The van der Waals surface area contributed by atoms with Gasteiger partial charge in [0.2, 0.25) is 0 Å². The number of hydrogen-bond acceptors (Lipinski definition) is 7. The van der Waals surface area contributed by atoms with Crippen LogP contribution >= 0.6 is 0 Å². The molecule has 3 aromatic rings. The van der Waals surface area contributed by atoms with Crippen LogP contribution in [0.4, 0.5) is 17.3 Å². The summed E-state index contributed by atoms with van der Waals surface area (Å²) in [5.41, 5.74) is 9.30. The predicted molar refractivity (Wildman–Crippen MR) is 122 cm³/mol. The van der Waals surface area contributed by atoms with Gasteiger partial charge in [0, 0.05) is 26.2 Å². The Morgan fingerprint density at radius 2 is 1.16 bits per heavy atom. The number of nitrogens with two attached hydrogens (primary N) is 1. The van der Waals surface area contributed by atoms with Crippen molar-refractivity contribution in [3.8, 4) is 12.1 Å². The molecule has 0 amide bonds. The SMILES string of the molecule is N#CCCN(CCC#N)c1ncnc(N(Cc2ccccc2)Cc2ccccc2)c1N. The van der Waals surface area contributed by atoms with E-state index in [1.807, 2.05) is 41.3 Å². The molecule has 2 N–H and O–H groups in total. The Bertz CT molecular complexity index is 980. The number of hydrogen-bond donors (Lipinski definition) is 1. The molecule has 3 rings (SSSR count). The summed E-state index contributed by atoms with van der Waals surface area (Å²) in [5, 5.41) is 18.0. The zero-order valence-electron chi connectivity index (χ0n) is 17.4. The van der Waals surface area contributed by atoms with Gasteiger partial charge in [0.25, 0.3) is 0 Å². The monoisotopic (exact) mass is 411 g/mol. The fourth-order valence-corrected chi connectivity index (χ4v) is 3.39. The third-order valence-electron chi connectivity index (χ3n) is 4.86. The molecule has 1 aromatic heterocycles. The van der Waals surface area contributed by atoms with E-state index in [1.165, 1.54) is 6.33 Å². The number of nitrogen functional groups attached to an aromatic ring is 1. The molecule has 1 heterocycles.